The Labute approximate surface area is 171 Å². The molecule has 1 saturated heterocycles. The van der Waals surface area contributed by atoms with Crippen molar-refractivity contribution in [1.29, 1.82) is 0 Å². The molecule has 1 amide bonds. The van der Waals surface area contributed by atoms with Gasteiger partial charge in [-0.15, -0.1) is 10.2 Å². The summed E-state index contributed by atoms with van der Waals surface area (Å²) in [6.45, 7) is 12.8. The first-order chi connectivity index (χ1) is 13.6. The first kappa shape index (κ1) is 21.2. The molecule has 1 N–H and O–H groups in total. The van der Waals surface area contributed by atoms with Crippen LogP contribution < -0.4 is 5.32 Å². The van der Waals surface area contributed by atoms with Crippen LogP contribution in [-0.4, -0.2) is 51.5 Å². The number of aryl methyl sites for hydroxylation is 3. The Bertz CT molecular complexity index is 903. The van der Waals surface area contributed by atoms with E-state index in [0.29, 0.717) is 18.9 Å². The van der Waals surface area contributed by atoms with Gasteiger partial charge in [-0.25, -0.2) is 0 Å². The van der Waals surface area contributed by atoms with E-state index < -0.39 is 6.04 Å². The van der Waals surface area contributed by atoms with Gasteiger partial charge in [0.05, 0.1) is 6.54 Å². The summed E-state index contributed by atoms with van der Waals surface area (Å²) in [6.07, 6.45) is 1.40. The van der Waals surface area contributed by atoms with E-state index in [4.69, 9.17) is 4.42 Å². The largest absolute Gasteiger partial charge is 0.413 e. The van der Waals surface area contributed by atoms with Gasteiger partial charge < -0.3 is 14.6 Å². The van der Waals surface area contributed by atoms with Crippen molar-refractivity contribution in [3.63, 3.8) is 0 Å². The van der Waals surface area contributed by atoms with Crippen LogP contribution in [0.25, 0.3) is 11.5 Å². The molecular weight excluding hydrogens is 368 g/mol. The molecule has 1 aromatic carbocycles. The Kier molecular flexibility index (Phi) is 5.89. The third-order valence-electron chi connectivity index (χ3n) is 5.17. The van der Waals surface area contributed by atoms with E-state index in [-0.39, 0.29) is 29.7 Å². The summed E-state index contributed by atoms with van der Waals surface area (Å²) in [5.74, 6) is -0.0602. The van der Waals surface area contributed by atoms with Crippen LogP contribution in [0.3, 0.4) is 0 Å². The fourth-order valence-corrected chi connectivity index (χ4v) is 3.86. The molecule has 1 fully saturated rings. The standard InChI is InChI=1S/C22H30N4O3/c1-13-10-14(2)18(15(3)11-13)20-24-25-21(29-20)19(28)16-8-7-9-26(16)17(27)12-23-22(4,5)6/h10-11,16,23H,7-9,12H2,1-6H3. The average Bonchev–Trinajstić information content (AvgIpc) is 3.27. The van der Waals surface area contributed by atoms with Crippen molar-refractivity contribution < 1.29 is 14.0 Å². The molecule has 1 unspecified atom stereocenters. The van der Waals surface area contributed by atoms with Crippen molar-refractivity contribution in [3.8, 4) is 11.5 Å². The number of carbonyl (C=O) groups excluding carboxylic acids is 2. The summed E-state index contributed by atoms with van der Waals surface area (Å²) in [7, 11) is 0. The summed E-state index contributed by atoms with van der Waals surface area (Å²) in [4.78, 5) is 27.3. The first-order valence-electron chi connectivity index (χ1n) is 10.1. The number of aromatic nitrogens is 2. The highest BCUT2D eigenvalue weighted by Crippen LogP contribution is 2.28. The molecule has 2 heterocycles. The van der Waals surface area contributed by atoms with Crippen LogP contribution in [0.5, 0.6) is 0 Å². The van der Waals surface area contributed by atoms with Crippen molar-refractivity contribution in [2.45, 2.75) is 66.0 Å². The van der Waals surface area contributed by atoms with Crippen molar-refractivity contribution in [1.82, 2.24) is 20.4 Å². The zero-order valence-electron chi connectivity index (χ0n) is 18.1. The predicted molar refractivity (Wildman–Crippen MR) is 111 cm³/mol. The maximum absolute atomic E-state index is 13.0. The van der Waals surface area contributed by atoms with E-state index >= 15 is 0 Å². The maximum atomic E-state index is 13.0. The minimum Gasteiger partial charge on any atom is -0.413 e. The third-order valence-corrected chi connectivity index (χ3v) is 5.17. The van der Waals surface area contributed by atoms with E-state index in [9.17, 15) is 9.59 Å². The minimum atomic E-state index is -0.544. The van der Waals surface area contributed by atoms with Crippen molar-refractivity contribution in [2.75, 3.05) is 13.1 Å². The lowest BCUT2D eigenvalue weighted by molar-refractivity contribution is -0.130. The zero-order valence-corrected chi connectivity index (χ0v) is 18.1. The van der Waals surface area contributed by atoms with Crippen LogP contribution in [0, 0.1) is 20.8 Å². The number of rotatable bonds is 5. The monoisotopic (exact) mass is 398 g/mol. The Hall–Kier alpha value is -2.54. The smallest absolute Gasteiger partial charge is 0.286 e. The molecule has 156 valence electrons. The number of likely N-dealkylation sites (tertiary alicyclic amines) is 1. The molecule has 0 saturated carbocycles. The number of benzene rings is 1. The lowest BCUT2D eigenvalue weighted by Crippen LogP contribution is -2.48. The van der Waals surface area contributed by atoms with Gasteiger partial charge in [0.25, 0.3) is 5.89 Å². The van der Waals surface area contributed by atoms with Gasteiger partial charge in [-0.3, -0.25) is 9.59 Å². The SMILES string of the molecule is Cc1cc(C)c(-c2nnc(C(=O)C3CCCN3C(=O)CNC(C)(C)C)o2)c(C)c1. The Balaban J connectivity index is 1.78. The molecule has 0 aliphatic carbocycles. The number of Topliss-reactive ketones (excluding diaryl/α,β-unsaturated/α-hetero) is 1. The highest BCUT2D eigenvalue weighted by Gasteiger charge is 2.37. The quantitative estimate of drug-likeness (QED) is 0.778. The maximum Gasteiger partial charge on any atom is 0.286 e. The molecule has 1 aliphatic rings. The molecule has 7 heteroatoms. The van der Waals surface area contributed by atoms with E-state index in [1.165, 1.54) is 0 Å². The summed E-state index contributed by atoms with van der Waals surface area (Å²) < 4.78 is 5.76. The number of ketones is 1. The highest BCUT2D eigenvalue weighted by molar-refractivity contribution is 5.99. The van der Waals surface area contributed by atoms with Crippen molar-refractivity contribution >= 4 is 11.7 Å². The minimum absolute atomic E-state index is 0.0344. The van der Waals surface area contributed by atoms with Gasteiger partial charge in [0.1, 0.15) is 6.04 Å². The second kappa shape index (κ2) is 8.06. The van der Waals surface area contributed by atoms with E-state index in [2.05, 4.69) is 15.5 Å². The second-order valence-corrected chi connectivity index (χ2v) is 8.90. The fourth-order valence-electron chi connectivity index (χ4n) is 3.86. The first-order valence-corrected chi connectivity index (χ1v) is 10.1. The van der Waals surface area contributed by atoms with E-state index in [0.717, 1.165) is 28.7 Å². The fraction of sp³-hybridized carbons (Fsp3) is 0.545. The predicted octanol–water partition coefficient (Wildman–Crippen LogP) is 3.22. The molecule has 1 atom stereocenters. The van der Waals surface area contributed by atoms with Crippen LogP contribution in [0.2, 0.25) is 0 Å². The third kappa shape index (κ3) is 4.72. The summed E-state index contributed by atoms with van der Waals surface area (Å²) >= 11 is 0. The molecule has 29 heavy (non-hydrogen) atoms. The molecule has 3 rings (SSSR count). The molecule has 0 bridgehead atoms. The summed E-state index contributed by atoms with van der Waals surface area (Å²) in [5, 5.41) is 11.3. The molecule has 0 radical (unpaired) electrons. The highest BCUT2D eigenvalue weighted by atomic mass is 16.4. The number of hydrogen-bond acceptors (Lipinski definition) is 6. The zero-order chi connectivity index (χ0) is 21.3. The topological polar surface area (TPSA) is 88.3 Å². The molecule has 1 aliphatic heterocycles. The van der Waals surface area contributed by atoms with Gasteiger partial charge in [-0.05, 0) is 65.5 Å². The normalized spacial score (nSPS) is 17.0. The van der Waals surface area contributed by atoms with Crippen LogP contribution in [-0.2, 0) is 4.79 Å². The second-order valence-electron chi connectivity index (χ2n) is 8.90. The van der Waals surface area contributed by atoms with Gasteiger partial charge in [-0.2, -0.15) is 0 Å². The van der Waals surface area contributed by atoms with Gasteiger partial charge in [0, 0.05) is 17.6 Å². The van der Waals surface area contributed by atoms with E-state index in [1.54, 1.807) is 4.90 Å². The molecule has 1 aromatic heterocycles. The van der Waals surface area contributed by atoms with Crippen molar-refractivity contribution in [2.24, 2.45) is 0 Å². The number of amides is 1. The summed E-state index contributed by atoms with van der Waals surface area (Å²) in [6, 6.07) is 3.55. The van der Waals surface area contributed by atoms with Crippen molar-refractivity contribution in [3.05, 3.63) is 34.7 Å². The Morgan fingerprint density at radius 1 is 1.17 bits per heavy atom. The van der Waals surface area contributed by atoms with Gasteiger partial charge in [0.15, 0.2) is 0 Å². The molecule has 2 aromatic rings. The Morgan fingerprint density at radius 2 is 1.83 bits per heavy atom. The van der Waals surface area contributed by atoms with Gasteiger partial charge >= 0.3 is 0 Å². The summed E-state index contributed by atoms with van der Waals surface area (Å²) in [5.41, 5.74) is 3.90. The number of carbonyl (C=O) groups is 2. The lowest BCUT2D eigenvalue weighted by Gasteiger charge is -2.26. The Morgan fingerprint density at radius 3 is 2.45 bits per heavy atom. The van der Waals surface area contributed by atoms with Crippen LogP contribution in [0.15, 0.2) is 16.5 Å². The molecule has 7 nitrogen and oxygen atoms in total. The average molecular weight is 399 g/mol. The molecular formula is C22H30N4O3. The number of nitrogens with one attached hydrogen (secondary N) is 1. The van der Waals surface area contributed by atoms with Gasteiger partial charge in [0.2, 0.25) is 17.6 Å². The van der Waals surface area contributed by atoms with Crippen LogP contribution in [0.4, 0.5) is 0 Å². The lowest BCUT2D eigenvalue weighted by atomic mass is 10.00. The van der Waals surface area contributed by atoms with E-state index in [1.807, 2.05) is 53.7 Å². The number of nitrogens with zero attached hydrogens (tertiary/aromatic N) is 3. The van der Waals surface area contributed by atoms with Crippen LogP contribution >= 0.6 is 0 Å². The number of hydrogen-bond donors (Lipinski definition) is 1. The van der Waals surface area contributed by atoms with Crippen LogP contribution in [0.1, 0.15) is 61.0 Å². The van der Waals surface area contributed by atoms with Gasteiger partial charge in [-0.1, -0.05) is 17.7 Å². The molecule has 0 spiro atoms.